The summed E-state index contributed by atoms with van der Waals surface area (Å²) in [4.78, 5) is 22.3. The van der Waals surface area contributed by atoms with Crippen molar-refractivity contribution < 1.29 is 19.0 Å². The number of hydrogen-bond donors (Lipinski definition) is 0. The largest absolute Gasteiger partial charge is 0.497 e. The van der Waals surface area contributed by atoms with Gasteiger partial charge in [0.1, 0.15) is 11.5 Å². The highest BCUT2D eigenvalue weighted by Crippen LogP contribution is 2.32. The van der Waals surface area contributed by atoms with Crippen molar-refractivity contribution >= 4 is 45.0 Å². The second-order valence-electron chi connectivity index (χ2n) is 7.32. The molecule has 32 heavy (non-hydrogen) atoms. The Balaban J connectivity index is 0.00000289. The van der Waals surface area contributed by atoms with Crippen molar-refractivity contribution in [1.29, 1.82) is 0 Å². The molecule has 1 aliphatic rings. The van der Waals surface area contributed by atoms with Gasteiger partial charge in [-0.15, -0.1) is 12.4 Å². The molecular formula is C23H28ClN3O4S. The molecule has 9 heteroatoms. The molecule has 172 valence electrons. The molecule has 0 spiro atoms. The van der Waals surface area contributed by atoms with Crippen molar-refractivity contribution in [2.45, 2.75) is 6.42 Å². The summed E-state index contributed by atoms with van der Waals surface area (Å²) in [5, 5.41) is 0.700. The first-order valence-electron chi connectivity index (χ1n) is 10.4. The second-order valence-corrected chi connectivity index (χ2v) is 8.33. The van der Waals surface area contributed by atoms with E-state index in [9.17, 15) is 4.79 Å². The number of carbonyl (C=O) groups excluding carboxylic acids is 1. The number of amides is 1. The number of carbonyl (C=O) groups is 1. The summed E-state index contributed by atoms with van der Waals surface area (Å²) in [7, 11) is 3.25. The van der Waals surface area contributed by atoms with Gasteiger partial charge in [0.05, 0.1) is 37.6 Å². The smallest absolute Gasteiger partial charge is 0.260 e. The first kappa shape index (κ1) is 24.3. The van der Waals surface area contributed by atoms with Crippen molar-refractivity contribution in [3.63, 3.8) is 0 Å². The lowest BCUT2D eigenvalue weighted by atomic mass is 10.2. The van der Waals surface area contributed by atoms with Crippen LogP contribution in [0.3, 0.4) is 0 Å². The summed E-state index contributed by atoms with van der Waals surface area (Å²) >= 11 is 1.52. The third-order valence-corrected chi connectivity index (χ3v) is 6.42. The van der Waals surface area contributed by atoms with Crippen LogP contribution in [0.25, 0.3) is 10.2 Å². The van der Waals surface area contributed by atoms with Crippen molar-refractivity contribution in [3.05, 3.63) is 48.0 Å². The Labute approximate surface area is 198 Å². The molecule has 2 heterocycles. The quantitative estimate of drug-likeness (QED) is 0.486. The number of anilines is 1. The summed E-state index contributed by atoms with van der Waals surface area (Å²) < 4.78 is 17.0. The lowest BCUT2D eigenvalue weighted by Gasteiger charge is -2.27. The maximum absolute atomic E-state index is 13.4. The molecule has 4 rings (SSSR count). The number of methoxy groups -OCH3 is 2. The van der Waals surface area contributed by atoms with E-state index in [0.29, 0.717) is 17.2 Å². The van der Waals surface area contributed by atoms with Crippen molar-refractivity contribution in [3.8, 4) is 11.5 Å². The Morgan fingerprint density at radius 3 is 2.47 bits per heavy atom. The molecule has 1 aliphatic heterocycles. The van der Waals surface area contributed by atoms with Crippen LogP contribution in [0.1, 0.15) is 16.8 Å². The molecule has 1 fully saturated rings. The fourth-order valence-corrected chi connectivity index (χ4v) is 4.56. The van der Waals surface area contributed by atoms with E-state index in [4.69, 9.17) is 19.2 Å². The summed E-state index contributed by atoms with van der Waals surface area (Å²) in [6.07, 6.45) is 0.862. The fourth-order valence-electron chi connectivity index (χ4n) is 3.59. The van der Waals surface area contributed by atoms with Crippen LogP contribution in [0, 0.1) is 0 Å². The van der Waals surface area contributed by atoms with Gasteiger partial charge in [0.15, 0.2) is 5.13 Å². The topological polar surface area (TPSA) is 64.1 Å². The second kappa shape index (κ2) is 11.5. The molecular weight excluding hydrogens is 450 g/mol. The van der Waals surface area contributed by atoms with Gasteiger partial charge in [-0.2, -0.15) is 0 Å². The summed E-state index contributed by atoms with van der Waals surface area (Å²) in [6, 6.07) is 13.0. The van der Waals surface area contributed by atoms with E-state index in [1.54, 1.807) is 31.3 Å². The average molecular weight is 478 g/mol. The van der Waals surface area contributed by atoms with Gasteiger partial charge in [-0.1, -0.05) is 11.3 Å². The molecule has 0 radical (unpaired) electrons. The number of benzene rings is 2. The average Bonchev–Trinajstić information content (AvgIpc) is 3.25. The monoisotopic (exact) mass is 477 g/mol. The highest BCUT2D eigenvalue weighted by atomic mass is 35.5. The van der Waals surface area contributed by atoms with Crippen molar-refractivity contribution in [2.75, 3.05) is 58.5 Å². The number of fused-ring (bicyclic) bond motifs is 1. The van der Waals surface area contributed by atoms with Crippen LogP contribution >= 0.6 is 23.7 Å². The minimum absolute atomic E-state index is 0. The molecule has 0 aliphatic carbocycles. The summed E-state index contributed by atoms with van der Waals surface area (Å²) in [5.74, 6) is 1.42. The van der Waals surface area contributed by atoms with Crippen molar-refractivity contribution in [1.82, 2.24) is 9.88 Å². The molecule has 0 saturated carbocycles. The molecule has 7 nitrogen and oxygen atoms in total. The third kappa shape index (κ3) is 5.69. The number of aromatic nitrogens is 1. The maximum atomic E-state index is 13.4. The zero-order valence-electron chi connectivity index (χ0n) is 18.3. The number of hydrogen-bond acceptors (Lipinski definition) is 7. The Bertz CT molecular complexity index is 1020. The van der Waals surface area contributed by atoms with Gasteiger partial charge in [-0.05, 0) is 42.8 Å². The number of morpholine rings is 1. The molecule has 0 bridgehead atoms. The van der Waals surface area contributed by atoms with Gasteiger partial charge in [0, 0.05) is 37.8 Å². The van der Waals surface area contributed by atoms with E-state index < -0.39 is 0 Å². The minimum Gasteiger partial charge on any atom is -0.497 e. The highest BCUT2D eigenvalue weighted by molar-refractivity contribution is 7.22. The van der Waals surface area contributed by atoms with E-state index in [1.165, 1.54) is 11.3 Å². The first-order valence-corrected chi connectivity index (χ1v) is 11.2. The fraction of sp³-hybridized carbons (Fsp3) is 0.391. The lowest BCUT2D eigenvalue weighted by Crippen LogP contribution is -2.39. The Hall–Kier alpha value is -2.39. The molecule has 1 saturated heterocycles. The molecule has 1 aromatic heterocycles. The number of halogens is 1. The standard InChI is InChI=1S/C23H27N3O4S.ClH/c1-28-18-6-4-17(5-7-18)22(27)26(11-3-10-25-12-14-30-15-13-25)23-24-20-16-19(29-2)8-9-21(20)31-23;/h4-9,16H,3,10-15H2,1-2H3;1H. The summed E-state index contributed by atoms with van der Waals surface area (Å²) in [5.41, 5.74) is 1.45. The third-order valence-electron chi connectivity index (χ3n) is 5.36. The van der Waals surface area contributed by atoms with Gasteiger partial charge in [0.2, 0.25) is 0 Å². The Morgan fingerprint density at radius 2 is 1.78 bits per heavy atom. The predicted molar refractivity (Wildman–Crippen MR) is 130 cm³/mol. The van der Waals surface area contributed by atoms with Crippen LogP contribution in [-0.4, -0.2) is 69.4 Å². The van der Waals surface area contributed by atoms with Crippen LogP contribution in [0.4, 0.5) is 5.13 Å². The number of ether oxygens (including phenoxy) is 3. The van der Waals surface area contributed by atoms with Gasteiger partial charge in [-0.25, -0.2) is 4.98 Å². The van der Waals surface area contributed by atoms with Gasteiger partial charge >= 0.3 is 0 Å². The zero-order valence-corrected chi connectivity index (χ0v) is 19.9. The summed E-state index contributed by atoms with van der Waals surface area (Å²) in [6.45, 7) is 4.94. The zero-order chi connectivity index (χ0) is 21.6. The Morgan fingerprint density at radius 1 is 1.09 bits per heavy atom. The molecule has 3 aromatic rings. The molecule has 2 aromatic carbocycles. The van der Waals surface area contributed by atoms with E-state index >= 15 is 0 Å². The molecule has 1 amide bonds. The minimum atomic E-state index is -0.0596. The van der Waals surface area contributed by atoms with Crippen molar-refractivity contribution in [2.24, 2.45) is 0 Å². The van der Waals surface area contributed by atoms with Crippen LogP contribution < -0.4 is 14.4 Å². The first-order chi connectivity index (χ1) is 15.2. The van der Waals surface area contributed by atoms with E-state index in [2.05, 4.69) is 4.90 Å². The van der Waals surface area contributed by atoms with Gasteiger partial charge < -0.3 is 14.2 Å². The molecule has 0 N–H and O–H groups in total. The Kier molecular flexibility index (Phi) is 8.69. The van der Waals surface area contributed by atoms with Crippen LogP contribution in [0.5, 0.6) is 11.5 Å². The highest BCUT2D eigenvalue weighted by Gasteiger charge is 2.22. The predicted octanol–water partition coefficient (Wildman–Crippen LogP) is 4.10. The number of rotatable bonds is 8. The van der Waals surface area contributed by atoms with Crippen LogP contribution in [0.15, 0.2) is 42.5 Å². The van der Waals surface area contributed by atoms with Gasteiger partial charge in [0.25, 0.3) is 5.91 Å². The number of nitrogens with zero attached hydrogens (tertiary/aromatic N) is 3. The van der Waals surface area contributed by atoms with E-state index in [1.807, 2.05) is 30.3 Å². The van der Waals surface area contributed by atoms with E-state index in [0.717, 1.165) is 61.0 Å². The normalized spacial score (nSPS) is 14.1. The molecule has 0 atom stereocenters. The lowest BCUT2D eigenvalue weighted by molar-refractivity contribution is 0.0376. The molecule has 0 unspecified atom stereocenters. The SMILES string of the molecule is COc1ccc(C(=O)N(CCCN2CCOCC2)c2nc3cc(OC)ccc3s2)cc1.Cl. The van der Waals surface area contributed by atoms with Crippen LogP contribution in [-0.2, 0) is 4.74 Å². The number of thiazole rings is 1. The van der Waals surface area contributed by atoms with Crippen LogP contribution in [0.2, 0.25) is 0 Å². The van der Waals surface area contributed by atoms with Gasteiger partial charge in [-0.3, -0.25) is 14.6 Å². The van der Waals surface area contributed by atoms with E-state index in [-0.39, 0.29) is 18.3 Å². The maximum Gasteiger partial charge on any atom is 0.260 e.